The van der Waals surface area contributed by atoms with Gasteiger partial charge >= 0.3 is 0 Å². The van der Waals surface area contributed by atoms with Gasteiger partial charge in [-0.1, -0.05) is 43.3 Å². The lowest BCUT2D eigenvalue weighted by Crippen LogP contribution is -2.34. The molecule has 0 aliphatic carbocycles. The number of amides is 1. The van der Waals surface area contributed by atoms with E-state index in [9.17, 15) is 13.2 Å². The van der Waals surface area contributed by atoms with E-state index in [1.54, 1.807) is 0 Å². The lowest BCUT2D eigenvalue weighted by molar-refractivity contribution is -0.116. The summed E-state index contributed by atoms with van der Waals surface area (Å²) in [6, 6.07) is 11.6. The molecule has 6 heteroatoms. The van der Waals surface area contributed by atoms with Crippen molar-refractivity contribution in [1.29, 1.82) is 0 Å². The molecule has 0 fully saturated rings. The summed E-state index contributed by atoms with van der Waals surface area (Å²) in [5.41, 5.74) is 5.28. The normalized spacial score (nSPS) is 11.3. The van der Waals surface area contributed by atoms with Crippen LogP contribution in [-0.2, 0) is 21.2 Å². The quantitative estimate of drug-likeness (QED) is 0.780. The van der Waals surface area contributed by atoms with Crippen molar-refractivity contribution in [2.45, 2.75) is 40.5 Å². The SMILES string of the molecule is CCc1cccc(C)c1N(CCC(=O)Nc1c(C)cccc1C)S(C)(=O)=O. The Morgan fingerprint density at radius 1 is 1.00 bits per heavy atom. The maximum atomic E-state index is 12.5. The Morgan fingerprint density at radius 3 is 2.11 bits per heavy atom. The van der Waals surface area contributed by atoms with Crippen LogP contribution in [0.4, 0.5) is 11.4 Å². The molecule has 1 amide bonds. The Bertz CT molecular complexity index is 916. The van der Waals surface area contributed by atoms with Gasteiger partial charge in [0, 0.05) is 18.7 Å². The third-order valence-electron chi connectivity index (χ3n) is 4.64. The van der Waals surface area contributed by atoms with Crippen LogP contribution in [0.1, 0.15) is 35.6 Å². The van der Waals surface area contributed by atoms with E-state index in [0.29, 0.717) is 5.69 Å². The molecule has 0 aromatic heterocycles. The first-order valence-corrected chi connectivity index (χ1v) is 10.9. The number of para-hydroxylation sites is 2. The molecule has 2 rings (SSSR count). The Hall–Kier alpha value is -2.34. The number of hydrogen-bond acceptors (Lipinski definition) is 3. The largest absolute Gasteiger partial charge is 0.326 e. The second-order valence-electron chi connectivity index (χ2n) is 6.84. The minimum atomic E-state index is -3.50. The molecule has 2 aromatic rings. The summed E-state index contributed by atoms with van der Waals surface area (Å²) in [7, 11) is -3.50. The van der Waals surface area contributed by atoms with Crippen molar-refractivity contribution in [1.82, 2.24) is 0 Å². The van der Waals surface area contributed by atoms with Crippen molar-refractivity contribution in [2.24, 2.45) is 0 Å². The monoisotopic (exact) mass is 388 g/mol. The van der Waals surface area contributed by atoms with Gasteiger partial charge in [-0.05, 0) is 49.4 Å². The Morgan fingerprint density at radius 2 is 1.56 bits per heavy atom. The molecule has 146 valence electrons. The van der Waals surface area contributed by atoms with E-state index in [0.717, 1.165) is 34.4 Å². The number of hydrogen-bond donors (Lipinski definition) is 1. The van der Waals surface area contributed by atoms with Crippen molar-refractivity contribution < 1.29 is 13.2 Å². The van der Waals surface area contributed by atoms with Gasteiger partial charge in [-0.3, -0.25) is 9.10 Å². The van der Waals surface area contributed by atoms with Crippen LogP contribution in [0.15, 0.2) is 36.4 Å². The van der Waals surface area contributed by atoms with Gasteiger partial charge in [-0.25, -0.2) is 8.42 Å². The number of rotatable bonds is 7. The molecule has 0 saturated carbocycles. The van der Waals surface area contributed by atoms with Crippen LogP contribution in [0.2, 0.25) is 0 Å². The molecule has 0 bridgehead atoms. The number of nitrogens with zero attached hydrogens (tertiary/aromatic N) is 1. The van der Waals surface area contributed by atoms with E-state index in [-0.39, 0.29) is 18.9 Å². The first-order valence-electron chi connectivity index (χ1n) is 9.07. The fourth-order valence-electron chi connectivity index (χ4n) is 3.22. The average molecular weight is 389 g/mol. The van der Waals surface area contributed by atoms with Crippen molar-refractivity contribution in [3.8, 4) is 0 Å². The summed E-state index contributed by atoms with van der Waals surface area (Å²) in [6.45, 7) is 7.86. The van der Waals surface area contributed by atoms with Gasteiger partial charge in [-0.15, -0.1) is 0 Å². The van der Waals surface area contributed by atoms with Gasteiger partial charge in [0.15, 0.2) is 0 Å². The van der Waals surface area contributed by atoms with Gasteiger partial charge < -0.3 is 5.32 Å². The average Bonchev–Trinajstić information content (AvgIpc) is 2.58. The molecule has 0 aliphatic rings. The Kier molecular flexibility index (Phi) is 6.65. The van der Waals surface area contributed by atoms with E-state index >= 15 is 0 Å². The van der Waals surface area contributed by atoms with Crippen LogP contribution < -0.4 is 9.62 Å². The van der Waals surface area contributed by atoms with Crippen molar-refractivity contribution in [3.05, 3.63) is 58.7 Å². The molecule has 0 unspecified atom stereocenters. The molecule has 0 radical (unpaired) electrons. The lowest BCUT2D eigenvalue weighted by Gasteiger charge is -2.26. The zero-order valence-corrected chi connectivity index (χ0v) is 17.5. The Labute approximate surface area is 162 Å². The highest BCUT2D eigenvalue weighted by atomic mass is 32.2. The highest BCUT2D eigenvalue weighted by Gasteiger charge is 2.22. The predicted molar refractivity (Wildman–Crippen MR) is 112 cm³/mol. The van der Waals surface area contributed by atoms with E-state index in [1.165, 1.54) is 10.6 Å². The van der Waals surface area contributed by atoms with Gasteiger partial charge in [-0.2, -0.15) is 0 Å². The molecule has 27 heavy (non-hydrogen) atoms. The third kappa shape index (κ3) is 5.10. The summed E-state index contributed by atoms with van der Waals surface area (Å²) in [5.74, 6) is -0.201. The molecule has 5 nitrogen and oxygen atoms in total. The molecular formula is C21H28N2O3S. The smallest absolute Gasteiger partial charge is 0.232 e. The minimum Gasteiger partial charge on any atom is -0.326 e. The van der Waals surface area contributed by atoms with Gasteiger partial charge in [0.2, 0.25) is 15.9 Å². The third-order valence-corrected chi connectivity index (χ3v) is 5.81. The maximum absolute atomic E-state index is 12.5. The number of carbonyl (C=O) groups is 1. The van der Waals surface area contributed by atoms with Crippen LogP contribution in [0.3, 0.4) is 0 Å². The Balaban J connectivity index is 2.23. The molecule has 0 atom stereocenters. The highest BCUT2D eigenvalue weighted by molar-refractivity contribution is 7.92. The standard InChI is InChI=1S/C21H28N2O3S/c1-6-18-12-8-11-17(4)21(18)23(27(5,25)26)14-13-19(24)22-20-15(2)9-7-10-16(20)3/h7-12H,6,13-14H2,1-5H3,(H,22,24). The molecule has 0 heterocycles. The van der Waals surface area contributed by atoms with Crippen molar-refractivity contribution in [2.75, 3.05) is 22.4 Å². The highest BCUT2D eigenvalue weighted by Crippen LogP contribution is 2.28. The van der Waals surface area contributed by atoms with E-state index in [2.05, 4.69) is 5.32 Å². The van der Waals surface area contributed by atoms with E-state index < -0.39 is 10.0 Å². The summed E-state index contributed by atoms with van der Waals surface area (Å²) in [4.78, 5) is 12.5. The molecule has 0 spiro atoms. The fourth-order valence-corrected chi connectivity index (χ4v) is 4.24. The topological polar surface area (TPSA) is 66.5 Å². The zero-order valence-electron chi connectivity index (χ0n) is 16.7. The van der Waals surface area contributed by atoms with Crippen LogP contribution >= 0.6 is 0 Å². The molecule has 0 saturated heterocycles. The van der Waals surface area contributed by atoms with Crippen molar-refractivity contribution in [3.63, 3.8) is 0 Å². The molecule has 1 N–H and O–H groups in total. The number of benzene rings is 2. The zero-order chi connectivity index (χ0) is 20.2. The van der Waals surface area contributed by atoms with Crippen molar-refractivity contribution >= 4 is 27.3 Å². The van der Waals surface area contributed by atoms with Crippen LogP contribution in [0.5, 0.6) is 0 Å². The van der Waals surface area contributed by atoms with E-state index in [1.807, 2.05) is 64.1 Å². The minimum absolute atomic E-state index is 0.0817. The summed E-state index contributed by atoms with van der Waals surface area (Å²) >= 11 is 0. The molecule has 2 aromatic carbocycles. The van der Waals surface area contributed by atoms with Crippen LogP contribution in [0, 0.1) is 20.8 Å². The number of anilines is 2. The maximum Gasteiger partial charge on any atom is 0.232 e. The van der Waals surface area contributed by atoms with Crippen LogP contribution in [0.25, 0.3) is 0 Å². The van der Waals surface area contributed by atoms with Gasteiger partial charge in [0.1, 0.15) is 0 Å². The number of carbonyl (C=O) groups excluding carboxylic acids is 1. The second kappa shape index (κ2) is 8.57. The number of aryl methyl sites for hydroxylation is 4. The lowest BCUT2D eigenvalue weighted by atomic mass is 10.1. The number of sulfonamides is 1. The molecular weight excluding hydrogens is 360 g/mol. The first-order chi connectivity index (χ1) is 12.6. The number of nitrogens with one attached hydrogen (secondary N) is 1. The molecule has 0 aliphatic heterocycles. The first kappa shape index (κ1) is 21.0. The van der Waals surface area contributed by atoms with E-state index in [4.69, 9.17) is 0 Å². The predicted octanol–water partition coefficient (Wildman–Crippen LogP) is 3.97. The summed E-state index contributed by atoms with van der Waals surface area (Å²) in [5, 5.41) is 2.92. The van der Waals surface area contributed by atoms with Gasteiger partial charge in [0.25, 0.3) is 0 Å². The van der Waals surface area contributed by atoms with Gasteiger partial charge in [0.05, 0.1) is 11.9 Å². The summed E-state index contributed by atoms with van der Waals surface area (Å²) in [6.07, 6.45) is 1.98. The fraction of sp³-hybridized carbons (Fsp3) is 0.381. The summed E-state index contributed by atoms with van der Waals surface area (Å²) < 4.78 is 26.2. The second-order valence-corrected chi connectivity index (χ2v) is 8.74. The van der Waals surface area contributed by atoms with Crippen LogP contribution in [-0.4, -0.2) is 27.1 Å².